The number of halogens is 1. The summed E-state index contributed by atoms with van der Waals surface area (Å²) in [6, 6.07) is 6.62. The highest BCUT2D eigenvalue weighted by molar-refractivity contribution is 5.19. The van der Waals surface area contributed by atoms with Gasteiger partial charge < -0.3 is 11.1 Å². The molecule has 0 radical (unpaired) electrons. The normalized spacial score (nSPS) is 15.1. The van der Waals surface area contributed by atoms with Crippen molar-refractivity contribution in [2.24, 2.45) is 5.73 Å². The Bertz CT molecular complexity index is 295. The number of nitrogens with two attached hydrogens (primary N) is 1. The average Bonchev–Trinajstić information content (AvgIpc) is 2.18. The molecule has 0 spiro atoms. The molecule has 0 fully saturated rings. The van der Waals surface area contributed by atoms with Crippen molar-refractivity contribution < 1.29 is 4.39 Å². The molecule has 3 N–H and O–H groups in total. The Morgan fingerprint density at radius 3 is 2.71 bits per heavy atom. The van der Waals surface area contributed by atoms with Crippen molar-refractivity contribution in [1.82, 2.24) is 5.32 Å². The van der Waals surface area contributed by atoms with Crippen LogP contribution in [0, 0.1) is 5.82 Å². The van der Waals surface area contributed by atoms with Gasteiger partial charge in [-0.1, -0.05) is 12.1 Å². The quantitative estimate of drug-likeness (QED) is 0.762. The molecule has 14 heavy (non-hydrogen) atoms. The molecule has 0 saturated carbocycles. The number of hydrogen-bond donors (Lipinski definition) is 2. The fourth-order valence-corrected chi connectivity index (χ4v) is 1.36. The molecule has 3 heteroatoms. The summed E-state index contributed by atoms with van der Waals surface area (Å²) >= 11 is 0. The predicted octanol–water partition coefficient (Wildman–Crippen LogP) is 1.30. The van der Waals surface area contributed by atoms with Crippen LogP contribution in [0.1, 0.15) is 12.5 Å². The molecule has 1 unspecified atom stereocenters. The summed E-state index contributed by atoms with van der Waals surface area (Å²) < 4.78 is 12.9. The molecule has 78 valence electrons. The molecule has 0 heterocycles. The van der Waals surface area contributed by atoms with Gasteiger partial charge in [-0.15, -0.1) is 0 Å². The average molecular weight is 196 g/mol. The number of benzene rings is 1. The van der Waals surface area contributed by atoms with Crippen molar-refractivity contribution >= 4 is 0 Å². The molecule has 2 nitrogen and oxygen atoms in total. The number of rotatable bonds is 4. The largest absolute Gasteiger partial charge is 0.329 e. The summed E-state index contributed by atoms with van der Waals surface area (Å²) in [7, 11) is 1.87. The van der Waals surface area contributed by atoms with Crippen molar-refractivity contribution in [2.45, 2.75) is 18.9 Å². The van der Waals surface area contributed by atoms with Crippen molar-refractivity contribution in [3.8, 4) is 0 Å². The van der Waals surface area contributed by atoms with E-state index >= 15 is 0 Å². The van der Waals surface area contributed by atoms with E-state index in [0.717, 1.165) is 12.0 Å². The lowest BCUT2D eigenvalue weighted by molar-refractivity contribution is 0.392. The third kappa shape index (κ3) is 2.79. The molecule has 1 rings (SSSR count). The first-order chi connectivity index (χ1) is 6.59. The van der Waals surface area contributed by atoms with E-state index in [9.17, 15) is 4.39 Å². The SMILES string of the molecule is CNC(C)(CN)Cc1cccc(F)c1. The second-order valence-electron chi connectivity index (χ2n) is 3.82. The smallest absolute Gasteiger partial charge is 0.123 e. The standard InChI is InChI=1S/C11H17FN2/c1-11(8-13,14-2)7-9-4-3-5-10(12)6-9/h3-6,14H,7-8,13H2,1-2H3. The maximum Gasteiger partial charge on any atom is 0.123 e. The van der Waals surface area contributed by atoms with E-state index in [4.69, 9.17) is 5.73 Å². The molecule has 0 aliphatic rings. The van der Waals surface area contributed by atoms with Gasteiger partial charge in [-0.3, -0.25) is 0 Å². The Kier molecular flexibility index (Phi) is 3.61. The van der Waals surface area contributed by atoms with Crippen LogP contribution in [0.25, 0.3) is 0 Å². The van der Waals surface area contributed by atoms with Gasteiger partial charge >= 0.3 is 0 Å². The van der Waals surface area contributed by atoms with Crippen LogP contribution < -0.4 is 11.1 Å². The highest BCUT2D eigenvalue weighted by Crippen LogP contribution is 2.12. The van der Waals surface area contributed by atoms with Gasteiger partial charge in [0, 0.05) is 12.1 Å². The van der Waals surface area contributed by atoms with Crippen LogP contribution in [0.2, 0.25) is 0 Å². The molecule has 0 amide bonds. The first-order valence-corrected chi connectivity index (χ1v) is 4.73. The zero-order chi connectivity index (χ0) is 10.6. The minimum absolute atomic E-state index is 0.159. The summed E-state index contributed by atoms with van der Waals surface area (Å²) in [5, 5.41) is 3.15. The monoisotopic (exact) mass is 196 g/mol. The maximum atomic E-state index is 12.9. The first-order valence-electron chi connectivity index (χ1n) is 4.73. The molecule has 1 aromatic carbocycles. The van der Waals surface area contributed by atoms with Gasteiger partial charge in [0.1, 0.15) is 5.82 Å². The van der Waals surface area contributed by atoms with Gasteiger partial charge in [0.05, 0.1) is 0 Å². The summed E-state index contributed by atoms with van der Waals surface area (Å²) in [6.45, 7) is 2.55. The predicted molar refractivity (Wildman–Crippen MR) is 56.6 cm³/mol. The third-order valence-corrected chi connectivity index (χ3v) is 2.54. The van der Waals surface area contributed by atoms with E-state index in [0.29, 0.717) is 6.54 Å². The number of nitrogens with one attached hydrogen (secondary N) is 1. The van der Waals surface area contributed by atoms with Crippen LogP contribution in [0.5, 0.6) is 0 Å². The lowest BCUT2D eigenvalue weighted by atomic mass is 9.93. The molecule has 0 aliphatic heterocycles. The fourth-order valence-electron chi connectivity index (χ4n) is 1.36. The van der Waals surface area contributed by atoms with Crippen molar-refractivity contribution in [1.29, 1.82) is 0 Å². The highest BCUT2D eigenvalue weighted by atomic mass is 19.1. The lowest BCUT2D eigenvalue weighted by Crippen LogP contribution is -2.48. The molecular formula is C11H17FN2. The molecule has 1 aromatic rings. The Balaban J connectivity index is 2.77. The van der Waals surface area contributed by atoms with E-state index in [-0.39, 0.29) is 11.4 Å². The minimum atomic E-state index is -0.196. The minimum Gasteiger partial charge on any atom is -0.329 e. The number of likely N-dealkylation sites (N-methyl/N-ethyl adjacent to an activating group) is 1. The van der Waals surface area contributed by atoms with E-state index in [1.165, 1.54) is 6.07 Å². The summed E-state index contributed by atoms with van der Waals surface area (Å²) in [5.74, 6) is -0.196. The van der Waals surface area contributed by atoms with Crippen LogP contribution >= 0.6 is 0 Å². The Labute approximate surface area is 84.3 Å². The van der Waals surface area contributed by atoms with Crippen LogP contribution in [0.3, 0.4) is 0 Å². The lowest BCUT2D eigenvalue weighted by Gasteiger charge is -2.27. The highest BCUT2D eigenvalue weighted by Gasteiger charge is 2.20. The van der Waals surface area contributed by atoms with Crippen molar-refractivity contribution in [2.75, 3.05) is 13.6 Å². The van der Waals surface area contributed by atoms with E-state index in [2.05, 4.69) is 5.32 Å². The van der Waals surface area contributed by atoms with Crippen molar-refractivity contribution in [3.05, 3.63) is 35.6 Å². The van der Waals surface area contributed by atoms with Gasteiger partial charge in [-0.05, 0) is 38.1 Å². The Morgan fingerprint density at radius 1 is 1.50 bits per heavy atom. The zero-order valence-electron chi connectivity index (χ0n) is 8.68. The van der Waals surface area contributed by atoms with E-state index < -0.39 is 0 Å². The van der Waals surface area contributed by atoms with Crippen LogP contribution in [-0.2, 0) is 6.42 Å². The number of hydrogen-bond acceptors (Lipinski definition) is 2. The molecular weight excluding hydrogens is 179 g/mol. The van der Waals surface area contributed by atoms with Crippen LogP contribution in [0.4, 0.5) is 4.39 Å². The first kappa shape index (κ1) is 11.1. The second-order valence-corrected chi connectivity index (χ2v) is 3.82. The summed E-state index contributed by atoms with van der Waals surface area (Å²) in [6.07, 6.45) is 0.734. The van der Waals surface area contributed by atoms with Crippen LogP contribution in [0.15, 0.2) is 24.3 Å². The van der Waals surface area contributed by atoms with Gasteiger partial charge in [0.2, 0.25) is 0 Å². The Hall–Kier alpha value is -0.930. The van der Waals surface area contributed by atoms with E-state index in [1.54, 1.807) is 12.1 Å². The zero-order valence-corrected chi connectivity index (χ0v) is 8.68. The molecule has 0 aliphatic carbocycles. The summed E-state index contributed by atoms with van der Waals surface area (Å²) in [5.41, 5.74) is 6.45. The fraction of sp³-hybridized carbons (Fsp3) is 0.455. The van der Waals surface area contributed by atoms with Gasteiger partial charge in [0.15, 0.2) is 0 Å². The molecule has 0 aromatic heterocycles. The third-order valence-electron chi connectivity index (χ3n) is 2.54. The van der Waals surface area contributed by atoms with Gasteiger partial charge in [0.25, 0.3) is 0 Å². The topological polar surface area (TPSA) is 38.0 Å². The molecule has 1 atom stereocenters. The second kappa shape index (κ2) is 4.53. The van der Waals surface area contributed by atoms with Gasteiger partial charge in [-0.25, -0.2) is 4.39 Å². The van der Waals surface area contributed by atoms with Crippen LogP contribution in [-0.4, -0.2) is 19.1 Å². The van der Waals surface area contributed by atoms with Gasteiger partial charge in [-0.2, -0.15) is 0 Å². The summed E-state index contributed by atoms with van der Waals surface area (Å²) in [4.78, 5) is 0. The molecule has 0 saturated heterocycles. The molecule has 0 bridgehead atoms. The van der Waals surface area contributed by atoms with E-state index in [1.807, 2.05) is 20.0 Å². The Morgan fingerprint density at radius 2 is 2.21 bits per heavy atom. The maximum absolute atomic E-state index is 12.9. The van der Waals surface area contributed by atoms with Crippen molar-refractivity contribution in [3.63, 3.8) is 0 Å².